The van der Waals surface area contributed by atoms with Crippen molar-refractivity contribution in [3.05, 3.63) is 0 Å². The van der Waals surface area contributed by atoms with Gasteiger partial charge in [0.15, 0.2) is 0 Å². The third-order valence-corrected chi connectivity index (χ3v) is 2.62. The van der Waals surface area contributed by atoms with Crippen molar-refractivity contribution in [3.63, 3.8) is 0 Å². The van der Waals surface area contributed by atoms with Crippen molar-refractivity contribution in [1.29, 1.82) is 0 Å². The molecule has 82 valence electrons. The number of rotatable bonds is 3. The summed E-state index contributed by atoms with van der Waals surface area (Å²) in [7, 11) is 0. The van der Waals surface area contributed by atoms with Gasteiger partial charge in [0.05, 0.1) is 12.7 Å². The van der Waals surface area contributed by atoms with Gasteiger partial charge in [0.1, 0.15) is 6.04 Å². The summed E-state index contributed by atoms with van der Waals surface area (Å²) in [5.41, 5.74) is 5.71. The van der Waals surface area contributed by atoms with Crippen LogP contribution in [0.4, 0.5) is 0 Å². The highest BCUT2D eigenvalue weighted by atomic mass is 16.5. The second-order valence-corrected chi connectivity index (χ2v) is 3.78. The number of aliphatic carboxylic acids is 1. The Morgan fingerprint density at radius 3 is 2.79 bits per heavy atom. The van der Waals surface area contributed by atoms with Crippen LogP contribution in [0.5, 0.6) is 0 Å². The van der Waals surface area contributed by atoms with Gasteiger partial charge in [-0.3, -0.25) is 9.69 Å². The number of nitrogens with two attached hydrogens (primary N) is 1. The molecule has 0 saturated carbocycles. The SMILES string of the molecule is CC(N)C1CN(C(C)C(=O)O)CCO1. The van der Waals surface area contributed by atoms with Crippen LogP contribution in [-0.4, -0.2) is 53.9 Å². The molecule has 1 heterocycles. The number of carboxylic acids is 1. The van der Waals surface area contributed by atoms with Gasteiger partial charge in [-0.15, -0.1) is 0 Å². The fourth-order valence-electron chi connectivity index (χ4n) is 1.52. The largest absolute Gasteiger partial charge is 0.480 e. The zero-order chi connectivity index (χ0) is 10.7. The molecule has 1 fully saturated rings. The third-order valence-electron chi connectivity index (χ3n) is 2.62. The average Bonchev–Trinajstić information content (AvgIpc) is 2.16. The van der Waals surface area contributed by atoms with E-state index in [1.807, 2.05) is 11.8 Å². The molecule has 0 bridgehead atoms. The highest BCUT2D eigenvalue weighted by molar-refractivity contribution is 5.72. The van der Waals surface area contributed by atoms with Crippen LogP contribution in [0.25, 0.3) is 0 Å². The molecule has 3 N–H and O–H groups in total. The van der Waals surface area contributed by atoms with Gasteiger partial charge in [-0.1, -0.05) is 0 Å². The molecule has 0 spiro atoms. The molecule has 1 saturated heterocycles. The summed E-state index contributed by atoms with van der Waals surface area (Å²) in [6, 6.07) is -0.515. The predicted octanol–water partition coefficient (Wildman–Crippen LogP) is -0.492. The lowest BCUT2D eigenvalue weighted by molar-refractivity contribution is -0.146. The van der Waals surface area contributed by atoms with Crippen molar-refractivity contribution < 1.29 is 14.6 Å². The van der Waals surface area contributed by atoms with E-state index in [1.165, 1.54) is 0 Å². The number of hydrogen-bond acceptors (Lipinski definition) is 4. The molecule has 0 aromatic heterocycles. The van der Waals surface area contributed by atoms with Gasteiger partial charge in [0, 0.05) is 19.1 Å². The summed E-state index contributed by atoms with van der Waals surface area (Å²) in [6.07, 6.45) is -0.0504. The normalized spacial score (nSPS) is 28.4. The predicted molar refractivity (Wildman–Crippen MR) is 52.1 cm³/mol. The van der Waals surface area contributed by atoms with Crippen molar-refractivity contribution in [1.82, 2.24) is 4.90 Å². The molecule has 1 aliphatic heterocycles. The maximum Gasteiger partial charge on any atom is 0.320 e. The van der Waals surface area contributed by atoms with Gasteiger partial charge in [-0.05, 0) is 13.8 Å². The Morgan fingerprint density at radius 1 is 1.64 bits per heavy atom. The average molecular weight is 202 g/mol. The molecule has 1 rings (SSSR count). The fourth-order valence-corrected chi connectivity index (χ4v) is 1.52. The van der Waals surface area contributed by atoms with Gasteiger partial charge in [0.2, 0.25) is 0 Å². The first-order valence-corrected chi connectivity index (χ1v) is 4.86. The standard InChI is InChI=1S/C9H18N2O3/c1-6(10)8-5-11(3-4-14-8)7(2)9(12)13/h6-8H,3-5,10H2,1-2H3,(H,12,13). The lowest BCUT2D eigenvalue weighted by atomic mass is 10.1. The molecule has 0 amide bonds. The van der Waals surface area contributed by atoms with Crippen LogP contribution in [0, 0.1) is 0 Å². The lowest BCUT2D eigenvalue weighted by Crippen LogP contribution is -2.53. The van der Waals surface area contributed by atoms with Crippen LogP contribution in [0.2, 0.25) is 0 Å². The molecule has 0 radical (unpaired) electrons. The molecule has 3 unspecified atom stereocenters. The maximum absolute atomic E-state index is 10.8. The van der Waals surface area contributed by atoms with Crippen molar-refractivity contribution in [2.45, 2.75) is 32.0 Å². The number of carbonyl (C=O) groups is 1. The van der Waals surface area contributed by atoms with Gasteiger partial charge in [-0.2, -0.15) is 0 Å². The Hall–Kier alpha value is -0.650. The highest BCUT2D eigenvalue weighted by Crippen LogP contribution is 2.10. The summed E-state index contributed by atoms with van der Waals surface area (Å²) in [6.45, 7) is 5.39. The van der Waals surface area contributed by atoms with Gasteiger partial charge in [0.25, 0.3) is 0 Å². The van der Waals surface area contributed by atoms with Crippen molar-refractivity contribution in [2.24, 2.45) is 5.73 Å². The Balaban J connectivity index is 2.51. The van der Waals surface area contributed by atoms with E-state index in [4.69, 9.17) is 15.6 Å². The summed E-state index contributed by atoms with van der Waals surface area (Å²) >= 11 is 0. The minimum atomic E-state index is -0.796. The van der Waals surface area contributed by atoms with E-state index in [0.29, 0.717) is 19.7 Å². The van der Waals surface area contributed by atoms with E-state index in [1.54, 1.807) is 6.92 Å². The Morgan fingerprint density at radius 2 is 2.29 bits per heavy atom. The van der Waals surface area contributed by atoms with Crippen LogP contribution in [0.15, 0.2) is 0 Å². The molecule has 5 heteroatoms. The number of hydrogen-bond donors (Lipinski definition) is 2. The fraction of sp³-hybridized carbons (Fsp3) is 0.889. The van der Waals surface area contributed by atoms with E-state index >= 15 is 0 Å². The lowest BCUT2D eigenvalue weighted by Gasteiger charge is -2.36. The Labute approximate surface area is 83.8 Å². The summed E-state index contributed by atoms with van der Waals surface area (Å²) in [4.78, 5) is 12.7. The Bertz CT molecular complexity index is 208. The number of morpholine rings is 1. The molecule has 3 atom stereocenters. The van der Waals surface area contributed by atoms with Crippen LogP contribution >= 0.6 is 0 Å². The van der Waals surface area contributed by atoms with E-state index in [2.05, 4.69) is 0 Å². The van der Waals surface area contributed by atoms with Crippen molar-refractivity contribution in [2.75, 3.05) is 19.7 Å². The quantitative estimate of drug-likeness (QED) is 0.645. The van der Waals surface area contributed by atoms with E-state index < -0.39 is 12.0 Å². The highest BCUT2D eigenvalue weighted by Gasteiger charge is 2.29. The Kier molecular flexibility index (Phi) is 3.86. The van der Waals surface area contributed by atoms with Gasteiger partial charge >= 0.3 is 5.97 Å². The first kappa shape index (κ1) is 11.4. The molecule has 5 nitrogen and oxygen atoms in total. The number of ether oxygens (including phenoxy) is 1. The second-order valence-electron chi connectivity index (χ2n) is 3.78. The van der Waals surface area contributed by atoms with Crippen LogP contribution in [0.1, 0.15) is 13.8 Å². The topological polar surface area (TPSA) is 75.8 Å². The molecular weight excluding hydrogens is 184 g/mol. The summed E-state index contributed by atoms with van der Waals surface area (Å²) < 4.78 is 5.44. The summed E-state index contributed by atoms with van der Waals surface area (Å²) in [5.74, 6) is -0.796. The molecule has 14 heavy (non-hydrogen) atoms. The number of nitrogens with zero attached hydrogens (tertiary/aromatic N) is 1. The van der Waals surface area contributed by atoms with Crippen LogP contribution < -0.4 is 5.73 Å². The van der Waals surface area contributed by atoms with Crippen LogP contribution in [-0.2, 0) is 9.53 Å². The van der Waals surface area contributed by atoms with Gasteiger partial charge in [-0.25, -0.2) is 0 Å². The van der Waals surface area contributed by atoms with Gasteiger partial charge < -0.3 is 15.6 Å². The zero-order valence-electron chi connectivity index (χ0n) is 8.64. The van der Waals surface area contributed by atoms with E-state index in [-0.39, 0.29) is 12.1 Å². The van der Waals surface area contributed by atoms with Crippen molar-refractivity contribution in [3.8, 4) is 0 Å². The van der Waals surface area contributed by atoms with E-state index in [9.17, 15) is 4.79 Å². The first-order valence-electron chi connectivity index (χ1n) is 4.86. The monoisotopic (exact) mass is 202 g/mol. The number of carboxylic acid groups (broad SMARTS) is 1. The molecule has 0 aromatic carbocycles. The zero-order valence-corrected chi connectivity index (χ0v) is 8.64. The minimum Gasteiger partial charge on any atom is -0.480 e. The van der Waals surface area contributed by atoms with Crippen LogP contribution in [0.3, 0.4) is 0 Å². The van der Waals surface area contributed by atoms with Crippen molar-refractivity contribution >= 4 is 5.97 Å². The smallest absolute Gasteiger partial charge is 0.320 e. The first-order chi connectivity index (χ1) is 6.52. The molecule has 1 aliphatic rings. The molecular formula is C9H18N2O3. The molecule has 0 aromatic rings. The second kappa shape index (κ2) is 4.72. The third kappa shape index (κ3) is 2.67. The summed E-state index contributed by atoms with van der Waals surface area (Å²) in [5, 5.41) is 8.85. The van der Waals surface area contributed by atoms with E-state index in [0.717, 1.165) is 0 Å². The maximum atomic E-state index is 10.8. The molecule has 0 aliphatic carbocycles. The minimum absolute atomic E-state index is 0.0504.